The van der Waals surface area contributed by atoms with Crippen molar-refractivity contribution in [3.63, 3.8) is 0 Å². The fraction of sp³-hybridized carbons (Fsp3) is 0.500. The molecular weight excluding hydrogens is 207 g/mol. The number of nitrogens with zero attached hydrogens (tertiary/aromatic N) is 1. The van der Waals surface area contributed by atoms with Gasteiger partial charge in [-0.3, -0.25) is 9.78 Å². The highest BCUT2D eigenvalue weighted by atomic mass is 19.1. The molecule has 1 aromatic rings. The molecular formula is C12H17FN2O. The molecule has 0 saturated carbocycles. The first-order valence-electron chi connectivity index (χ1n) is 5.47. The summed E-state index contributed by atoms with van der Waals surface area (Å²) in [5, 5.41) is 0. The van der Waals surface area contributed by atoms with Gasteiger partial charge in [-0.05, 0) is 31.4 Å². The molecule has 1 unspecified atom stereocenters. The Bertz CT molecular complexity index is 355. The van der Waals surface area contributed by atoms with E-state index in [9.17, 15) is 9.18 Å². The Labute approximate surface area is 94.9 Å². The van der Waals surface area contributed by atoms with Gasteiger partial charge >= 0.3 is 0 Å². The molecule has 2 N–H and O–H groups in total. The van der Waals surface area contributed by atoms with Gasteiger partial charge in [-0.1, -0.05) is 6.92 Å². The van der Waals surface area contributed by atoms with E-state index in [1.54, 1.807) is 0 Å². The van der Waals surface area contributed by atoms with Crippen LogP contribution in [0.2, 0.25) is 0 Å². The lowest BCUT2D eigenvalue weighted by atomic mass is 9.98. The van der Waals surface area contributed by atoms with Crippen LogP contribution < -0.4 is 5.73 Å². The third kappa shape index (κ3) is 4.06. The van der Waals surface area contributed by atoms with E-state index in [0.29, 0.717) is 24.4 Å². The Balaban J connectivity index is 2.47. The van der Waals surface area contributed by atoms with E-state index in [0.717, 1.165) is 19.0 Å². The number of aromatic nitrogens is 1. The molecule has 0 amide bonds. The van der Waals surface area contributed by atoms with Gasteiger partial charge in [-0.15, -0.1) is 0 Å². The molecule has 0 aromatic carbocycles. The highest BCUT2D eigenvalue weighted by molar-refractivity contribution is 5.95. The Morgan fingerprint density at radius 2 is 2.25 bits per heavy atom. The van der Waals surface area contributed by atoms with E-state index >= 15 is 0 Å². The minimum absolute atomic E-state index is 0.0594. The van der Waals surface area contributed by atoms with Crippen LogP contribution in [-0.4, -0.2) is 17.3 Å². The molecule has 1 rings (SSSR count). The zero-order chi connectivity index (χ0) is 12.0. The minimum atomic E-state index is -0.471. The maximum atomic E-state index is 12.8. The quantitative estimate of drug-likeness (QED) is 0.753. The lowest BCUT2D eigenvalue weighted by molar-refractivity contribution is 0.0973. The zero-order valence-electron chi connectivity index (χ0n) is 9.45. The van der Waals surface area contributed by atoms with Crippen LogP contribution in [0.4, 0.5) is 4.39 Å². The summed E-state index contributed by atoms with van der Waals surface area (Å²) in [4.78, 5) is 15.3. The SMILES string of the molecule is CC(CCN)CCC(=O)c1cncc(F)c1. The molecule has 0 aliphatic heterocycles. The molecule has 3 nitrogen and oxygen atoms in total. The van der Waals surface area contributed by atoms with Gasteiger partial charge in [0.15, 0.2) is 5.78 Å². The summed E-state index contributed by atoms with van der Waals surface area (Å²) < 4.78 is 12.8. The van der Waals surface area contributed by atoms with Crippen molar-refractivity contribution in [1.82, 2.24) is 4.98 Å². The van der Waals surface area contributed by atoms with Crippen LogP contribution >= 0.6 is 0 Å². The average molecular weight is 224 g/mol. The Morgan fingerprint density at radius 1 is 1.50 bits per heavy atom. The van der Waals surface area contributed by atoms with Gasteiger partial charge in [0.05, 0.1) is 6.20 Å². The molecule has 1 aromatic heterocycles. The molecule has 0 bridgehead atoms. The molecule has 1 atom stereocenters. The topological polar surface area (TPSA) is 56.0 Å². The van der Waals surface area contributed by atoms with Crippen LogP contribution in [0.15, 0.2) is 18.5 Å². The second kappa shape index (κ2) is 6.33. The summed E-state index contributed by atoms with van der Waals surface area (Å²) in [7, 11) is 0. The normalized spacial score (nSPS) is 12.4. The number of hydrogen-bond donors (Lipinski definition) is 1. The summed E-state index contributed by atoms with van der Waals surface area (Å²) in [6, 6.07) is 1.23. The standard InChI is InChI=1S/C12H17FN2O/c1-9(4-5-14)2-3-12(16)10-6-11(13)8-15-7-10/h6-9H,2-5,14H2,1H3. The van der Waals surface area contributed by atoms with Crippen LogP contribution in [-0.2, 0) is 0 Å². The molecule has 1 heterocycles. The number of carbonyl (C=O) groups excluding carboxylic acids is 1. The fourth-order valence-corrected chi connectivity index (χ4v) is 1.52. The van der Waals surface area contributed by atoms with Crippen molar-refractivity contribution in [3.8, 4) is 0 Å². The molecule has 88 valence electrons. The van der Waals surface area contributed by atoms with E-state index in [1.807, 2.05) is 0 Å². The first kappa shape index (κ1) is 12.8. The number of halogens is 1. The molecule has 4 heteroatoms. The Morgan fingerprint density at radius 3 is 2.88 bits per heavy atom. The molecule has 16 heavy (non-hydrogen) atoms. The number of nitrogens with two attached hydrogens (primary N) is 1. The van der Waals surface area contributed by atoms with Crippen LogP contribution in [0.1, 0.15) is 36.5 Å². The zero-order valence-corrected chi connectivity index (χ0v) is 9.45. The summed E-state index contributed by atoms with van der Waals surface area (Å²) in [5.74, 6) is -0.104. The van der Waals surface area contributed by atoms with Crippen LogP contribution in [0, 0.1) is 11.7 Å². The van der Waals surface area contributed by atoms with E-state index in [1.165, 1.54) is 12.3 Å². The van der Waals surface area contributed by atoms with Gasteiger partial charge in [-0.2, -0.15) is 0 Å². The smallest absolute Gasteiger partial charge is 0.164 e. The molecule has 0 aliphatic rings. The van der Waals surface area contributed by atoms with Gasteiger partial charge in [0.1, 0.15) is 5.82 Å². The van der Waals surface area contributed by atoms with Gasteiger partial charge in [-0.25, -0.2) is 4.39 Å². The van der Waals surface area contributed by atoms with Crippen LogP contribution in [0.3, 0.4) is 0 Å². The van der Waals surface area contributed by atoms with Gasteiger partial charge < -0.3 is 5.73 Å². The highest BCUT2D eigenvalue weighted by Crippen LogP contribution is 2.13. The van der Waals surface area contributed by atoms with Crippen molar-refractivity contribution in [3.05, 3.63) is 29.8 Å². The number of hydrogen-bond acceptors (Lipinski definition) is 3. The molecule has 0 fully saturated rings. The number of ketones is 1. The number of Topliss-reactive ketones (excluding diaryl/α,β-unsaturated/α-hetero) is 1. The molecule has 0 radical (unpaired) electrons. The van der Waals surface area contributed by atoms with Gasteiger partial charge in [0.2, 0.25) is 0 Å². The minimum Gasteiger partial charge on any atom is -0.330 e. The number of carbonyl (C=O) groups is 1. The van der Waals surface area contributed by atoms with E-state index < -0.39 is 5.82 Å². The van der Waals surface area contributed by atoms with Crippen molar-refractivity contribution < 1.29 is 9.18 Å². The van der Waals surface area contributed by atoms with Crippen molar-refractivity contribution in [1.29, 1.82) is 0 Å². The first-order valence-corrected chi connectivity index (χ1v) is 5.47. The predicted molar refractivity (Wildman–Crippen MR) is 60.6 cm³/mol. The number of rotatable bonds is 6. The lowest BCUT2D eigenvalue weighted by Crippen LogP contribution is -2.08. The fourth-order valence-electron chi connectivity index (χ4n) is 1.52. The van der Waals surface area contributed by atoms with Crippen molar-refractivity contribution >= 4 is 5.78 Å². The third-order valence-corrected chi connectivity index (χ3v) is 2.55. The molecule has 0 aliphatic carbocycles. The Hall–Kier alpha value is -1.29. The van der Waals surface area contributed by atoms with Crippen molar-refractivity contribution in [2.75, 3.05) is 6.54 Å². The molecule has 0 saturated heterocycles. The second-order valence-corrected chi connectivity index (χ2v) is 4.04. The Kier molecular flexibility index (Phi) is 5.05. The van der Waals surface area contributed by atoms with Gasteiger partial charge in [0, 0.05) is 18.2 Å². The maximum absolute atomic E-state index is 12.8. The summed E-state index contributed by atoms with van der Waals surface area (Å²) in [6.07, 6.45) is 4.61. The first-order chi connectivity index (χ1) is 7.63. The summed E-state index contributed by atoms with van der Waals surface area (Å²) in [5.41, 5.74) is 5.77. The van der Waals surface area contributed by atoms with Crippen LogP contribution in [0.5, 0.6) is 0 Å². The van der Waals surface area contributed by atoms with Crippen molar-refractivity contribution in [2.24, 2.45) is 11.7 Å². The monoisotopic (exact) mass is 224 g/mol. The summed E-state index contributed by atoms with van der Waals surface area (Å²) >= 11 is 0. The molecule has 0 spiro atoms. The number of pyridine rings is 1. The largest absolute Gasteiger partial charge is 0.330 e. The van der Waals surface area contributed by atoms with E-state index in [4.69, 9.17) is 5.73 Å². The highest BCUT2D eigenvalue weighted by Gasteiger charge is 2.09. The van der Waals surface area contributed by atoms with Crippen molar-refractivity contribution in [2.45, 2.75) is 26.2 Å². The third-order valence-electron chi connectivity index (χ3n) is 2.55. The lowest BCUT2D eigenvalue weighted by Gasteiger charge is -2.08. The predicted octanol–water partition coefficient (Wildman–Crippen LogP) is 2.17. The maximum Gasteiger partial charge on any atom is 0.164 e. The van der Waals surface area contributed by atoms with Gasteiger partial charge in [0.25, 0.3) is 0 Å². The van der Waals surface area contributed by atoms with E-state index in [2.05, 4.69) is 11.9 Å². The van der Waals surface area contributed by atoms with E-state index in [-0.39, 0.29) is 5.78 Å². The average Bonchev–Trinajstić information content (AvgIpc) is 2.26. The second-order valence-electron chi connectivity index (χ2n) is 4.04. The van der Waals surface area contributed by atoms with Crippen LogP contribution in [0.25, 0.3) is 0 Å². The summed E-state index contributed by atoms with van der Waals surface area (Å²) in [6.45, 7) is 2.70.